The molecular formula is C12H18N2O2. The summed E-state index contributed by atoms with van der Waals surface area (Å²) in [5, 5.41) is 18.5. The molecule has 1 aromatic rings. The largest absolute Gasteiger partial charge is 0.393 e. The van der Waals surface area contributed by atoms with Gasteiger partial charge in [0.05, 0.1) is 24.6 Å². The van der Waals surface area contributed by atoms with E-state index < -0.39 is 0 Å². The Bertz CT molecular complexity index is 351. The standard InChI is InChI=1S/C12H18N2O2/c1-14(7-9-4-11(16)5-9)12-6-13-3-2-10(12)8-15/h2-3,6,9,11,15-16H,4-5,7-8H2,1H3. The summed E-state index contributed by atoms with van der Waals surface area (Å²) in [6, 6.07) is 1.83. The van der Waals surface area contributed by atoms with Crippen LogP contribution in [0.4, 0.5) is 5.69 Å². The Hall–Kier alpha value is -1.13. The van der Waals surface area contributed by atoms with Crippen molar-refractivity contribution in [3.63, 3.8) is 0 Å². The first kappa shape index (κ1) is 11.4. The molecule has 0 aromatic carbocycles. The molecule has 88 valence electrons. The summed E-state index contributed by atoms with van der Waals surface area (Å²) in [6.45, 7) is 0.950. The summed E-state index contributed by atoms with van der Waals surface area (Å²) in [7, 11) is 2.00. The molecule has 16 heavy (non-hydrogen) atoms. The van der Waals surface area contributed by atoms with Gasteiger partial charge in [-0.15, -0.1) is 0 Å². The third kappa shape index (κ3) is 2.33. The second-order valence-corrected chi connectivity index (χ2v) is 4.53. The molecule has 0 saturated heterocycles. The first-order valence-electron chi connectivity index (χ1n) is 5.63. The highest BCUT2D eigenvalue weighted by atomic mass is 16.3. The first-order chi connectivity index (χ1) is 7.70. The second kappa shape index (κ2) is 4.80. The smallest absolute Gasteiger partial charge is 0.0703 e. The summed E-state index contributed by atoms with van der Waals surface area (Å²) in [5.41, 5.74) is 1.88. The van der Waals surface area contributed by atoms with E-state index >= 15 is 0 Å². The fourth-order valence-electron chi connectivity index (χ4n) is 2.23. The van der Waals surface area contributed by atoms with E-state index in [0.717, 1.165) is 30.6 Å². The maximum absolute atomic E-state index is 9.23. The quantitative estimate of drug-likeness (QED) is 0.790. The average molecular weight is 222 g/mol. The number of rotatable bonds is 4. The van der Waals surface area contributed by atoms with Crippen LogP contribution >= 0.6 is 0 Å². The summed E-state index contributed by atoms with van der Waals surface area (Å²) in [6.07, 6.45) is 5.14. The highest BCUT2D eigenvalue weighted by molar-refractivity contribution is 5.50. The Morgan fingerprint density at radius 1 is 1.50 bits per heavy atom. The van der Waals surface area contributed by atoms with Gasteiger partial charge in [-0.3, -0.25) is 4.98 Å². The lowest BCUT2D eigenvalue weighted by atomic mass is 9.82. The van der Waals surface area contributed by atoms with Gasteiger partial charge >= 0.3 is 0 Å². The molecule has 4 heteroatoms. The monoisotopic (exact) mass is 222 g/mol. The molecule has 0 aliphatic heterocycles. The van der Waals surface area contributed by atoms with Crippen LogP contribution in [0.25, 0.3) is 0 Å². The first-order valence-corrected chi connectivity index (χ1v) is 5.63. The molecule has 0 unspecified atom stereocenters. The van der Waals surface area contributed by atoms with Crippen LogP contribution in [0.15, 0.2) is 18.5 Å². The Morgan fingerprint density at radius 3 is 2.88 bits per heavy atom. The van der Waals surface area contributed by atoms with Crippen molar-refractivity contribution < 1.29 is 10.2 Å². The molecule has 4 nitrogen and oxygen atoms in total. The number of aliphatic hydroxyl groups excluding tert-OH is 2. The highest BCUT2D eigenvalue weighted by Crippen LogP contribution is 2.29. The van der Waals surface area contributed by atoms with Crippen LogP contribution in [-0.4, -0.2) is 34.9 Å². The van der Waals surface area contributed by atoms with Gasteiger partial charge in [0.2, 0.25) is 0 Å². The van der Waals surface area contributed by atoms with Gasteiger partial charge in [0.1, 0.15) is 0 Å². The van der Waals surface area contributed by atoms with Crippen LogP contribution in [-0.2, 0) is 6.61 Å². The molecule has 1 aromatic heterocycles. The number of aromatic nitrogens is 1. The van der Waals surface area contributed by atoms with Crippen molar-refractivity contribution >= 4 is 5.69 Å². The minimum atomic E-state index is -0.107. The van der Waals surface area contributed by atoms with Crippen molar-refractivity contribution in [1.29, 1.82) is 0 Å². The van der Waals surface area contributed by atoms with Crippen molar-refractivity contribution in [1.82, 2.24) is 4.98 Å². The lowest BCUT2D eigenvalue weighted by molar-refractivity contribution is 0.0464. The van der Waals surface area contributed by atoms with Crippen LogP contribution < -0.4 is 4.90 Å². The lowest BCUT2D eigenvalue weighted by Gasteiger charge is -2.35. The van der Waals surface area contributed by atoms with Crippen LogP contribution in [0.2, 0.25) is 0 Å². The van der Waals surface area contributed by atoms with E-state index in [1.165, 1.54) is 0 Å². The van der Waals surface area contributed by atoms with Crippen molar-refractivity contribution in [2.24, 2.45) is 5.92 Å². The predicted octanol–water partition coefficient (Wildman–Crippen LogP) is 0.781. The zero-order valence-electron chi connectivity index (χ0n) is 9.50. The fourth-order valence-corrected chi connectivity index (χ4v) is 2.23. The maximum Gasteiger partial charge on any atom is 0.0703 e. The van der Waals surface area contributed by atoms with E-state index in [1.807, 2.05) is 13.1 Å². The molecule has 0 atom stereocenters. The van der Waals surface area contributed by atoms with Crippen LogP contribution in [0.1, 0.15) is 18.4 Å². The number of hydrogen-bond donors (Lipinski definition) is 2. The predicted molar refractivity (Wildman–Crippen MR) is 62.2 cm³/mol. The van der Waals surface area contributed by atoms with Gasteiger partial charge in [-0.1, -0.05) is 0 Å². The number of nitrogens with zero attached hydrogens (tertiary/aromatic N) is 2. The van der Waals surface area contributed by atoms with E-state index in [0.29, 0.717) is 5.92 Å². The van der Waals surface area contributed by atoms with Gasteiger partial charge in [-0.05, 0) is 24.8 Å². The normalized spacial score (nSPS) is 23.9. The van der Waals surface area contributed by atoms with Crippen molar-refractivity contribution in [2.45, 2.75) is 25.6 Å². The van der Waals surface area contributed by atoms with E-state index in [9.17, 15) is 10.2 Å². The minimum absolute atomic E-state index is 0.0372. The molecule has 0 bridgehead atoms. The third-order valence-electron chi connectivity index (χ3n) is 3.21. The van der Waals surface area contributed by atoms with Crippen LogP contribution in [0, 0.1) is 5.92 Å². The zero-order valence-corrected chi connectivity index (χ0v) is 9.50. The molecule has 0 spiro atoms. The van der Waals surface area contributed by atoms with Gasteiger partial charge in [-0.25, -0.2) is 0 Å². The maximum atomic E-state index is 9.23. The molecular weight excluding hydrogens is 204 g/mol. The summed E-state index contributed by atoms with van der Waals surface area (Å²) >= 11 is 0. The Labute approximate surface area is 95.5 Å². The fraction of sp³-hybridized carbons (Fsp3) is 0.583. The number of aliphatic hydroxyl groups is 2. The summed E-state index contributed by atoms with van der Waals surface area (Å²) < 4.78 is 0. The van der Waals surface area contributed by atoms with E-state index in [4.69, 9.17) is 0 Å². The number of hydrogen-bond acceptors (Lipinski definition) is 4. The molecule has 1 heterocycles. The molecule has 1 aliphatic rings. The minimum Gasteiger partial charge on any atom is -0.393 e. The zero-order chi connectivity index (χ0) is 11.5. The molecule has 1 aliphatic carbocycles. The third-order valence-corrected chi connectivity index (χ3v) is 3.21. The SMILES string of the molecule is CN(CC1CC(O)C1)c1cnccc1CO. The van der Waals surface area contributed by atoms with Crippen molar-refractivity contribution in [3.8, 4) is 0 Å². The van der Waals surface area contributed by atoms with Crippen molar-refractivity contribution in [2.75, 3.05) is 18.5 Å². The topological polar surface area (TPSA) is 56.6 Å². The molecule has 0 amide bonds. The Morgan fingerprint density at radius 2 is 2.25 bits per heavy atom. The van der Waals surface area contributed by atoms with Gasteiger partial charge < -0.3 is 15.1 Å². The summed E-state index contributed by atoms with van der Waals surface area (Å²) in [4.78, 5) is 6.18. The molecule has 2 N–H and O–H groups in total. The van der Waals surface area contributed by atoms with Crippen LogP contribution in [0.5, 0.6) is 0 Å². The molecule has 1 saturated carbocycles. The van der Waals surface area contributed by atoms with E-state index in [1.54, 1.807) is 12.4 Å². The highest BCUT2D eigenvalue weighted by Gasteiger charge is 2.28. The lowest BCUT2D eigenvalue weighted by Crippen LogP contribution is -2.37. The Balaban J connectivity index is 1.99. The van der Waals surface area contributed by atoms with Gasteiger partial charge in [-0.2, -0.15) is 0 Å². The molecule has 1 fully saturated rings. The number of anilines is 1. The molecule has 2 rings (SSSR count). The van der Waals surface area contributed by atoms with E-state index in [2.05, 4.69) is 9.88 Å². The average Bonchev–Trinajstić information content (AvgIpc) is 2.27. The summed E-state index contributed by atoms with van der Waals surface area (Å²) in [5.74, 6) is 0.562. The van der Waals surface area contributed by atoms with Gasteiger partial charge in [0, 0.05) is 25.4 Å². The van der Waals surface area contributed by atoms with Crippen LogP contribution in [0.3, 0.4) is 0 Å². The van der Waals surface area contributed by atoms with E-state index in [-0.39, 0.29) is 12.7 Å². The van der Waals surface area contributed by atoms with Gasteiger partial charge in [0.15, 0.2) is 0 Å². The molecule has 0 radical (unpaired) electrons. The van der Waals surface area contributed by atoms with Crippen molar-refractivity contribution in [3.05, 3.63) is 24.0 Å². The van der Waals surface area contributed by atoms with Gasteiger partial charge in [0.25, 0.3) is 0 Å². The number of pyridine rings is 1. The Kier molecular flexibility index (Phi) is 3.41. The second-order valence-electron chi connectivity index (χ2n) is 4.53.